The molecular weight excluding hydrogens is 332 g/mol. The third-order valence-corrected chi connectivity index (χ3v) is 5.22. The number of nitrogens with zero attached hydrogens (tertiary/aromatic N) is 4. The van der Waals surface area contributed by atoms with Gasteiger partial charge in [-0.15, -0.1) is 0 Å². The minimum Gasteiger partial charge on any atom is -0.368 e. The highest BCUT2D eigenvalue weighted by molar-refractivity contribution is 9.09. The monoisotopic (exact) mass is 352 g/mol. The van der Waals surface area contributed by atoms with Crippen molar-refractivity contribution in [1.82, 2.24) is 9.88 Å². The summed E-state index contributed by atoms with van der Waals surface area (Å²) in [6.45, 7) is 5.00. The maximum absolute atomic E-state index is 12.0. The zero-order chi connectivity index (χ0) is 14.8. The second kappa shape index (κ2) is 6.32. The predicted octanol–water partition coefficient (Wildman–Crippen LogP) is 1.58. The number of anilines is 2. The molecule has 0 spiro atoms. The van der Waals surface area contributed by atoms with Gasteiger partial charge in [-0.2, -0.15) is 0 Å². The first-order valence-corrected chi connectivity index (χ1v) is 8.55. The van der Waals surface area contributed by atoms with E-state index in [2.05, 4.69) is 43.8 Å². The molecule has 21 heavy (non-hydrogen) atoms. The van der Waals surface area contributed by atoms with Crippen LogP contribution in [0.4, 0.5) is 11.5 Å². The van der Waals surface area contributed by atoms with E-state index >= 15 is 0 Å². The summed E-state index contributed by atoms with van der Waals surface area (Å²) >= 11 is 3.46. The molecule has 1 unspecified atom stereocenters. The zero-order valence-corrected chi connectivity index (χ0v) is 13.9. The van der Waals surface area contributed by atoms with Gasteiger partial charge >= 0.3 is 0 Å². The van der Waals surface area contributed by atoms with E-state index in [0.717, 1.165) is 49.6 Å². The Morgan fingerprint density at radius 2 is 2.05 bits per heavy atom. The van der Waals surface area contributed by atoms with Crippen molar-refractivity contribution in [2.24, 2.45) is 5.92 Å². The SMILES string of the molecule is CN1CCN(c2ccc(N3CC(CBr)CC3=O)nc2)CC1. The summed E-state index contributed by atoms with van der Waals surface area (Å²) in [7, 11) is 2.15. The second-order valence-corrected chi connectivity index (χ2v) is 6.54. The molecule has 2 fully saturated rings. The molecule has 114 valence electrons. The van der Waals surface area contributed by atoms with Gasteiger partial charge in [0.05, 0.1) is 11.9 Å². The van der Waals surface area contributed by atoms with Gasteiger partial charge in [0.25, 0.3) is 0 Å². The third kappa shape index (κ3) is 3.21. The number of likely N-dealkylation sites (N-methyl/N-ethyl adjacent to an activating group) is 1. The standard InChI is InChI=1S/C15H21BrN4O/c1-18-4-6-19(7-5-18)13-2-3-14(17-10-13)20-11-12(9-16)8-15(20)21/h2-3,10,12H,4-9,11H2,1H3. The lowest BCUT2D eigenvalue weighted by Crippen LogP contribution is -2.44. The molecule has 1 aromatic rings. The van der Waals surface area contributed by atoms with Crippen molar-refractivity contribution < 1.29 is 4.79 Å². The molecule has 3 rings (SSSR count). The van der Waals surface area contributed by atoms with Crippen molar-refractivity contribution in [3.8, 4) is 0 Å². The summed E-state index contributed by atoms with van der Waals surface area (Å²) in [6, 6.07) is 4.06. The van der Waals surface area contributed by atoms with Crippen molar-refractivity contribution in [2.45, 2.75) is 6.42 Å². The van der Waals surface area contributed by atoms with E-state index < -0.39 is 0 Å². The Bertz CT molecular complexity index is 499. The molecule has 0 saturated carbocycles. The van der Waals surface area contributed by atoms with Gasteiger partial charge in [0, 0.05) is 44.5 Å². The highest BCUT2D eigenvalue weighted by Gasteiger charge is 2.30. The summed E-state index contributed by atoms with van der Waals surface area (Å²) in [5, 5.41) is 0.870. The molecule has 1 aromatic heterocycles. The normalized spacial score (nSPS) is 23.9. The van der Waals surface area contributed by atoms with Gasteiger partial charge in [0.15, 0.2) is 0 Å². The number of aromatic nitrogens is 1. The zero-order valence-electron chi connectivity index (χ0n) is 12.3. The first kappa shape index (κ1) is 14.8. The van der Waals surface area contributed by atoms with E-state index in [0.29, 0.717) is 12.3 Å². The molecule has 0 N–H and O–H groups in total. The predicted molar refractivity (Wildman–Crippen MR) is 88.2 cm³/mol. The molecular formula is C15H21BrN4O. The van der Waals surface area contributed by atoms with E-state index in [9.17, 15) is 4.79 Å². The van der Waals surface area contributed by atoms with Crippen LogP contribution >= 0.6 is 15.9 Å². The van der Waals surface area contributed by atoms with Gasteiger partial charge in [-0.05, 0) is 25.1 Å². The Labute approximate surface area is 134 Å². The van der Waals surface area contributed by atoms with Gasteiger partial charge in [0.2, 0.25) is 5.91 Å². The molecule has 1 amide bonds. The number of carbonyl (C=O) groups is 1. The number of halogens is 1. The fourth-order valence-corrected chi connectivity index (χ4v) is 3.33. The van der Waals surface area contributed by atoms with Gasteiger partial charge < -0.3 is 9.80 Å². The summed E-state index contributed by atoms with van der Waals surface area (Å²) < 4.78 is 0. The van der Waals surface area contributed by atoms with Crippen LogP contribution in [0.5, 0.6) is 0 Å². The lowest BCUT2D eigenvalue weighted by molar-refractivity contribution is -0.117. The number of carbonyl (C=O) groups excluding carboxylic acids is 1. The summed E-state index contributed by atoms with van der Waals surface area (Å²) in [6.07, 6.45) is 2.52. The Morgan fingerprint density at radius 1 is 1.29 bits per heavy atom. The largest absolute Gasteiger partial charge is 0.368 e. The average molecular weight is 353 g/mol. The second-order valence-electron chi connectivity index (χ2n) is 5.89. The lowest BCUT2D eigenvalue weighted by atomic mass is 10.2. The van der Waals surface area contributed by atoms with Crippen LogP contribution in [0.2, 0.25) is 0 Å². The number of pyridine rings is 1. The quantitative estimate of drug-likeness (QED) is 0.774. The molecule has 2 aliphatic rings. The molecule has 6 heteroatoms. The van der Waals surface area contributed by atoms with Crippen LogP contribution in [0.1, 0.15) is 6.42 Å². The first-order valence-electron chi connectivity index (χ1n) is 7.43. The first-order chi connectivity index (χ1) is 10.2. The van der Waals surface area contributed by atoms with Crippen LogP contribution in [0, 0.1) is 5.92 Å². The number of hydrogen-bond acceptors (Lipinski definition) is 4. The third-order valence-electron chi connectivity index (χ3n) is 4.30. The molecule has 2 aliphatic heterocycles. The van der Waals surface area contributed by atoms with Crippen molar-refractivity contribution in [2.75, 3.05) is 54.9 Å². The van der Waals surface area contributed by atoms with Crippen molar-refractivity contribution >= 4 is 33.3 Å². The van der Waals surface area contributed by atoms with Crippen LogP contribution in [-0.4, -0.2) is 60.9 Å². The van der Waals surface area contributed by atoms with E-state index in [4.69, 9.17) is 0 Å². The highest BCUT2D eigenvalue weighted by Crippen LogP contribution is 2.26. The van der Waals surface area contributed by atoms with Crippen LogP contribution < -0.4 is 9.80 Å². The maximum Gasteiger partial charge on any atom is 0.228 e. The van der Waals surface area contributed by atoms with Gasteiger partial charge in [-0.3, -0.25) is 9.69 Å². The van der Waals surface area contributed by atoms with Crippen molar-refractivity contribution in [3.05, 3.63) is 18.3 Å². The number of rotatable bonds is 3. The molecule has 2 saturated heterocycles. The van der Waals surface area contributed by atoms with E-state index in [-0.39, 0.29) is 5.91 Å². The molecule has 0 radical (unpaired) electrons. The van der Waals surface area contributed by atoms with Crippen LogP contribution in [0.25, 0.3) is 0 Å². The Morgan fingerprint density at radius 3 is 2.62 bits per heavy atom. The summed E-state index contributed by atoms with van der Waals surface area (Å²) in [4.78, 5) is 23.0. The van der Waals surface area contributed by atoms with Crippen molar-refractivity contribution in [3.63, 3.8) is 0 Å². The van der Waals surface area contributed by atoms with Gasteiger partial charge in [-0.25, -0.2) is 4.98 Å². The lowest BCUT2D eigenvalue weighted by Gasteiger charge is -2.33. The van der Waals surface area contributed by atoms with E-state index in [1.54, 1.807) is 4.90 Å². The number of hydrogen-bond donors (Lipinski definition) is 0. The van der Waals surface area contributed by atoms with Crippen LogP contribution in [-0.2, 0) is 4.79 Å². The molecule has 3 heterocycles. The summed E-state index contributed by atoms with van der Waals surface area (Å²) in [5.74, 6) is 1.36. The number of amides is 1. The minimum atomic E-state index is 0.180. The fourth-order valence-electron chi connectivity index (χ4n) is 2.90. The Hall–Kier alpha value is -1.14. The maximum atomic E-state index is 12.0. The summed E-state index contributed by atoms with van der Waals surface area (Å²) in [5.41, 5.74) is 1.15. The van der Waals surface area contributed by atoms with E-state index in [1.807, 2.05) is 12.3 Å². The molecule has 0 bridgehead atoms. The average Bonchev–Trinajstić information content (AvgIpc) is 2.89. The molecule has 0 aliphatic carbocycles. The van der Waals surface area contributed by atoms with Gasteiger partial charge in [0.1, 0.15) is 5.82 Å². The van der Waals surface area contributed by atoms with E-state index in [1.165, 1.54) is 0 Å². The van der Waals surface area contributed by atoms with Crippen LogP contribution in [0.3, 0.4) is 0 Å². The number of piperazine rings is 1. The Kier molecular flexibility index (Phi) is 4.45. The molecule has 5 nitrogen and oxygen atoms in total. The van der Waals surface area contributed by atoms with Gasteiger partial charge in [-0.1, -0.05) is 15.9 Å². The Balaban J connectivity index is 1.68. The topological polar surface area (TPSA) is 39.7 Å². The highest BCUT2D eigenvalue weighted by atomic mass is 79.9. The molecule has 1 atom stereocenters. The smallest absolute Gasteiger partial charge is 0.228 e. The molecule has 0 aromatic carbocycles. The van der Waals surface area contributed by atoms with Crippen LogP contribution in [0.15, 0.2) is 18.3 Å². The fraction of sp³-hybridized carbons (Fsp3) is 0.600. The minimum absolute atomic E-state index is 0.180. The number of alkyl halides is 1. The van der Waals surface area contributed by atoms with Crippen molar-refractivity contribution in [1.29, 1.82) is 0 Å².